The summed E-state index contributed by atoms with van der Waals surface area (Å²) < 4.78 is 24.5. The first-order valence-electron chi connectivity index (χ1n) is 10.2. The number of carbonyl (C=O) groups is 1. The van der Waals surface area contributed by atoms with Crippen molar-refractivity contribution in [1.29, 1.82) is 0 Å². The number of rotatable bonds is 8. The fourth-order valence-corrected chi connectivity index (χ4v) is 3.24. The predicted octanol–water partition coefficient (Wildman–Crippen LogP) is 4.00. The van der Waals surface area contributed by atoms with E-state index in [0.29, 0.717) is 24.4 Å². The Balaban J connectivity index is 1.58. The van der Waals surface area contributed by atoms with Gasteiger partial charge in [-0.15, -0.1) is 0 Å². The fourth-order valence-electron chi connectivity index (χ4n) is 3.24. The molecule has 32 heavy (non-hydrogen) atoms. The van der Waals surface area contributed by atoms with Crippen molar-refractivity contribution in [3.8, 4) is 5.75 Å². The molecule has 3 rings (SSSR count). The van der Waals surface area contributed by atoms with Gasteiger partial charge in [-0.05, 0) is 54.9 Å². The van der Waals surface area contributed by atoms with Crippen molar-refractivity contribution in [3.63, 3.8) is 0 Å². The van der Waals surface area contributed by atoms with E-state index in [1.165, 1.54) is 29.4 Å². The third kappa shape index (κ3) is 6.04. The van der Waals surface area contributed by atoms with Crippen molar-refractivity contribution in [2.24, 2.45) is 0 Å². The molecule has 1 heterocycles. The molecule has 0 atom stereocenters. The quantitative estimate of drug-likeness (QED) is 0.532. The van der Waals surface area contributed by atoms with Crippen LogP contribution in [0.25, 0.3) is 0 Å². The second-order valence-corrected chi connectivity index (χ2v) is 8.00. The van der Waals surface area contributed by atoms with E-state index in [1.54, 1.807) is 44.4 Å². The topological polar surface area (TPSA) is 63.0 Å². The van der Waals surface area contributed by atoms with Crippen LogP contribution in [0.1, 0.15) is 32.8 Å². The van der Waals surface area contributed by atoms with Crippen molar-refractivity contribution in [2.75, 3.05) is 21.1 Å². The van der Waals surface area contributed by atoms with Gasteiger partial charge in [0, 0.05) is 32.3 Å². The molecular weight excluding hydrogens is 411 g/mol. The minimum atomic E-state index is -0.267. The van der Waals surface area contributed by atoms with Gasteiger partial charge in [0.2, 0.25) is 11.2 Å². The average Bonchev–Trinajstić information content (AvgIpc) is 2.75. The van der Waals surface area contributed by atoms with Gasteiger partial charge in [-0.3, -0.25) is 14.5 Å². The van der Waals surface area contributed by atoms with E-state index >= 15 is 0 Å². The van der Waals surface area contributed by atoms with Crippen LogP contribution in [0.15, 0.2) is 64.0 Å². The van der Waals surface area contributed by atoms with Crippen LogP contribution >= 0.6 is 0 Å². The maximum Gasteiger partial charge on any atom is 0.253 e. The summed E-state index contributed by atoms with van der Waals surface area (Å²) >= 11 is 0. The van der Waals surface area contributed by atoms with Crippen molar-refractivity contribution in [1.82, 2.24) is 9.80 Å². The minimum absolute atomic E-state index is 0.0757. The lowest BCUT2D eigenvalue weighted by Gasteiger charge is -2.17. The molecule has 0 bridgehead atoms. The molecule has 1 amide bonds. The van der Waals surface area contributed by atoms with Gasteiger partial charge in [-0.2, -0.15) is 0 Å². The highest BCUT2D eigenvalue weighted by atomic mass is 19.1. The first-order chi connectivity index (χ1) is 15.2. The highest BCUT2D eigenvalue weighted by molar-refractivity contribution is 5.93. The van der Waals surface area contributed by atoms with Gasteiger partial charge in [0.1, 0.15) is 24.4 Å². The SMILES string of the molecule is Cc1cc(F)ccc1CN(C)Cc1cc(=O)c(OCc2ccc(C(=O)N(C)C)cc2)co1. The molecule has 0 unspecified atom stereocenters. The summed E-state index contributed by atoms with van der Waals surface area (Å²) in [5.74, 6) is 0.303. The Labute approximate surface area is 186 Å². The number of halogens is 1. The van der Waals surface area contributed by atoms with Crippen LogP contribution in [0.4, 0.5) is 4.39 Å². The van der Waals surface area contributed by atoms with Crippen LogP contribution in [-0.2, 0) is 19.7 Å². The summed E-state index contributed by atoms with van der Waals surface area (Å²) in [7, 11) is 5.30. The van der Waals surface area contributed by atoms with E-state index in [0.717, 1.165) is 16.7 Å². The second kappa shape index (κ2) is 10.2. The molecule has 0 aliphatic rings. The fraction of sp³-hybridized carbons (Fsp3) is 0.280. The van der Waals surface area contributed by atoms with E-state index in [9.17, 15) is 14.0 Å². The number of amides is 1. The van der Waals surface area contributed by atoms with E-state index in [1.807, 2.05) is 18.9 Å². The molecule has 0 saturated carbocycles. The third-order valence-corrected chi connectivity index (χ3v) is 5.02. The molecule has 0 saturated heterocycles. The molecule has 0 aliphatic heterocycles. The molecule has 0 spiro atoms. The first kappa shape index (κ1) is 23.2. The monoisotopic (exact) mass is 438 g/mol. The van der Waals surface area contributed by atoms with Gasteiger partial charge in [-0.1, -0.05) is 18.2 Å². The Morgan fingerprint density at radius 1 is 1.03 bits per heavy atom. The largest absolute Gasteiger partial charge is 0.482 e. The summed E-state index contributed by atoms with van der Waals surface area (Å²) in [6, 6.07) is 13.2. The van der Waals surface area contributed by atoms with E-state index < -0.39 is 0 Å². The van der Waals surface area contributed by atoms with Gasteiger partial charge < -0.3 is 14.1 Å². The molecule has 2 aromatic carbocycles. The van der Waals surface area contributed by atoms with Gasteiger partial charge >= 0.3 is 0 Å². The van der Waals surface area contributed by atoms with Crippen LogP contribution in [-0.4, -0.2) is 36.9 Å². The molecule has 6 nitrogen and oxygen atoms in total. The van der Waals surface area contributed by atoms with E-state index in [4.69, 9.17) is 9.15 Å². The molecule has 3 aromatic rings. The zero-order chi connectivity index (χ0) is 23.3. The van der Waals surface area contributed by atoms with Crippen LogP contribution < -0.4 is 10.2 Å². The van der Waals surface area contributed by atoms with Crippen molar-refractivity contribution in [3.05, 3.63) is 98.8 Å². The Bertz CT molecular complexity index is 1140. The van der Waals surface area contributed by atoms with Crippen LogP contribution in [0.5, 0.6) is 5.75 Å². The number of benzene rings is 2. The predicted molar refractivity (Wildman–Crippen MR) is 120 cm³/mol. The van der Waals surface area contributed by atoms with Crippen LogP contribution in [0, 0.1) is 12.7 Å². The molecule has 0 radical (unpaired) electrons. The number of hydrogen-bond donors (Lipinski definition) is 0. The van der Waals surface area contributed by atoms with Crippen molar-refractivity contribution >= 4 is 5.91 Å². The van der Waals surface area contributed by atoms with E-state index in [-0.39, 0.29) is 29.5 Å². The highest BCUT2D eigenvalue weighted by Gasteiger charge is 2.11. The Morgan fingerprint density at radius 3 is 2.38 bits per heavy atom. The molecule has 0 N–H and O–H groups in total. The Kier molecular flexibility index (Phi) is 7.43. The van der Waals surface area contributed by atoms with Gasteiger partial charge in [-0.25, -0.2) is 4.39 Å². The lowest BCUT2D eigenvalue weighted by molar-refractivity contribution is 0.0827. The van der Waals surface area contributed by atoms with Gasteiger partial charge in [0.05, 0.1) is 6.54 Å². The second-order valence-electron chi connectivity index (χ2n) is 8.00. The number of ether oxygens (including phenoxy) is 1. The Hall–Kier alpha value is -3.45. The van der Waals surface area contributed by atoms with Crippen LogP contribution in [0.3, 0.4) is 0 Å². The smallest absolute Gasteiger partial charge is 0.253 e. The number of aryl methyl sites for hydroxylation is 1. The molecule has 7 heteroatoms. The highest BCUT2D eigenvalue weighted by Crippen LogP contribution is 2.15. The van der Waals surface area contributed by atoms with Crippen molar-refractivity contribution in [2.45, 2.75) is 26.6 Å². The molecule has 0 fully saturated rings. The zero-order valence-electron chi connectivity index (χ0n) is 18.7. The summed E-state index contributed by atoms with van der Waals surface area (Å²) in [5, 5.41) is 0. The Morgan fingerprint density at radius 2 is 1.75 bits per heavy atom. The summed E-state index contributed by atoms with van der Waals surface area (Å²) in [6.07, 6.45) is 1.32. The lowest BCUT2D eigenvalue weighted by Crippen LogP contribution is -2.21. The number of nitrogens with zero attached hydrogens (tertiary/aromatic N) is 2. The number of hydrogen-bond acceptors (Lipinski definition) is 5. The molecule has 0 aliphatic carbocycles. The van der Waals surface area contributed by atoms with Crippen molar-refractivity contribution < 1.29 is 18.3 Å². The first-order valence-corrected chi connectivity index (χ1v) is 10.2. The van der Waals surface area contributed by atoms with Gasteiger partial charge in [0.25, 0.3) is 5.91 Å². The minimum Gasteiger partial charge on any atom is -0.482 e. The lowest BCUT2D eigenvalue weighted by atomic mass is 10.1. The third-order valence-electron chi connectivity index (χ3n) is 5.02. The molecule has 1 aromatic heterocycles. The maximum atomic E-state index is 13.3. The average molecular weight is 438 g/mol. The summed E-state index contributed by atoms with van der Waals surface area (Å²) in [6.45, 7) is 3.07. The summed E-state index contributed by atoms with van der Waals surface area (Å²) in [5.41, 5.74) is 3.04. The van der Waals surface area contributed by atoms with E-state index in [2.05, 4.69) is 0 Å². The maximum absolute atomic E-state index is 13.3. The molecular formula is C25H27FN2O4. The molecule has 168 valence electrons. The number of carbonyl (C=O) groups excluding carboxylic acids is 1. The van der Waals surface area contributed by atoms with Gasteiger partial charge in [0.15, 0.2) is 0 Å². The standard InChI is InChI=1S/C25H27FN2O4/c1-17-11-21(26)10-9-20(17)13-28(4)14-22-12-23(29)24(16-31-22)32-15-18-5-7-19(8-6-18)25(30)27(2)3/h5-12,16H,13-15H2,1-4H3. The normalized spacial score (nSPS) is 10.9. The van der Waals surface area contributed by atoms with Crippen LogP contribution in [0.2, 0.25) is 0 Å². The summed E-state index contributed by atoms with van der Waals surface area (Å²) in [4.78, 5) is 27.9. The zero-order valence-corrected chi connectivity index (χ0v) is 18.7.